The molecule has 1 nitrogen and oxygen atoms in total. The maximum atomic E-state index is 6.12. The highest BCUT2D eigenvalue weighted by molar-refractivity contribution is 9.10. The summed E-state index contributed by atoms with van der Waals surface area (Å²) in [4.78, 5) is 0.0552. The van der Waals surface area contributed by atoms with Gasteiger partial charge in [0.05, 0.1) is 11.9 Å². The highest BCUT2D eigenvalue weighted by atomic mass is 79.9. The Balaban J connectivity index is 2.62. The molecule has 0 amide bonds. The van der Waals surface area contributed by atoms with Crippen molar-refractivity contribution in [2.45, 2.75) is 25.6 Å². The van der Waals surface area contributed by atoms with Crippen molar-refractivity contribution in [3.8, 4) is 5.75 Å². The minimum absolute atomic E-state index is 0.0552. The van der Waals surface area contributed by atoms with Crippen LogP contribution in [0.3, 0.4) is 0 Å². The lowest BCUT2D eigenvalue weighted by Crippen LogP contribution is -2.03. The average Bonchev–Trinajstić information content (AvgIpc) is 2.44. The second-order valence-corrected chi connectivity index (χ2v) is 7.30. The zero-order valence-corrected chi connectivity index (χ0v) is 16.4. The van der Waals surface area contributed by atoms with Crippen molar-refractivity contribution >= 4 is 43.5 Å². The Labute approximate surface area is 147 Å². The van der Waals surface area contributed by atoms with Crippen molar-refractivity contribution in [3.63, 3.8) is 0 Å². The van der Waals surface area contributed by atoms with Crippen molar-refractivity contribution in [1.29, 1.82) is 0 Å². The number of alkyl halides is 1. The Hall–Kier alpha value is -0.510. The summed E-state index contributed by atoms with van der Waals surface area (Å²) in [6.07, 6.45) is 0. The summed E-state index contributed by atoms with van der Waals surface area (Å²) in [6.45, 7) is 6.17. The van der Waals surface area contributed by atoms with Crippen LogP contribution in [0, 0.1) is 20.8 Å². The molecule has 1 atom stereocenters. The topological polar surface area (TPSA) is 9.23 Å². The van der Waals surface area contributed by atoms with Gasteiger partial charge in [-0.1, -0.05) is 55.6 Å². The van der Waals surface area contributed by atoms with Gasteiger partial charge in [0.15, 0.2) is 0 Å². The van der Waals surface area contributed by atoms with E-state index in [2.05, 4.69) is 57.8 Å². The number of aryl methyl sites for hydroxylation is 2. The molecule has 0 radical (unpaired) electrons. The molecule has 0 N–H and O–H groups in total. The van der Waals surface area contributed by atoms with E-state index in [0.29, 0.717) is 0 Å². The van der Waals surface area contributed by atoms with Gasteiger partial charge in [0.1, 0.15) is 5.75 Å². The first-order valence-electron chi connectivity index (χ1n) is 6.60. The van der Waals surface area contributed by atoms with Crippen LogP contribution in [0.5, 0.6) is 5.75 Å². The van der Waals surface area contributed by atoms with Crippen LogP contribution in [0.25, 0.3) is 0 Å². The van der Waals surface area contributed by atoms with Crippen LogP contribution in [0.2, 0.25) is 5.02 Å². The third kappa shape index (κ3) is 3.30. The fraction of sp³-hybridized carbons (Fsp3) is 0.294. The summed E-state index contributed by atoms with van der Waals surface area (Å²) < 4.78 is 6.72. The van der Waals surface area contributed by atoms with Crippen molar-refractivity contribution in [3.05, 3.63) is 61.6 Å². The van der Waals surface area contributed by atoms with Gasteiger partial charge in [0.2, 0.25) is 0 Å². The normalized spacial score (nSPS) is 12.3. The van der Waals surface area contributed by atoms with Crippen molar-refractivity contribution in [2.24, 2.45) is 0 Å². The molecule has 21 heavy (non-hydrogen) atoms. The predicted octanol–water partition coefficient (Wildman–Crippen LogP) is 6.52. The number of benzene rings is 2. The van der Waals surface area contributed by atoms with Crippen LogP contribution in [-0.2, 0) is 0 Å². The molecule has 0 aliphatic rings. The number of hydrogen-bond donors (Lipinski definition) is 0. The molecule has 4 heteroatoms. The molecule has 0 aliphatic carbocycles. The number of methoxy groups -OCH3 is 1. The fourth-order valence-electron chi connectivity index (χ4n) is 2.44. The summed E-state index contributed by atoms with van der Waals surface area (Å²) in [5.41, 5.74) is 5.66. The lowest BCUT2D eigenvalue weighted by Gasteiger charge is -2.21. The number of ether oxygens (including phenoxy) is 1. The smallest absolute Gasteiger partial charge is 0.126 e. The summed E-state index contributed by atoms with van der Waals surface area (Å²) >= 11 is 13.6. The minimum atomic E-state index is 0.0552. The van der Waals surface area contributed by atoms with Gasteiger partial charge >= 0.3 is 0 Å². The maximum Gasteiger partial charge on any atom is 0.126 e. The summed E-state index contributed by atoms with van der Waals surface area (Å²) in [5, 5.41) is 0.785. The van der Waals surface area contributed by atoms with E-state index in [-0.39, 0.29) is 4.83 Å². The van der Waals surface area contributed by atoms with Gasteiger partial charge in [0.25, 0.3) is 0 Å². The largest absolute Gasteiger partial charge is 0.496 e. The van der Waals surface area contributed by atoms with Crippen molar-refractivity contribution < 1.29 is 4.74 Å². The molecule has 2 aromatic carbocycles. The molecule has 0 fully saturated rings. The third-order valence-electron chi connectivity index (χ3n) is 3.64. The van der Waals surface area contributed by atoms with Gasteiger partial charge in [-0.2, -0.15) is 0 Å². The first-order chi connectivity index (χ1) is 9.86. The second kappa shape index (κ2) is 6.72. The van der Waals surface area contributed by atoms with Gasteiger partial charge < -0.3 is 4.74 Å². The van der Waals surface area contributed by atoms with Crippen LogP contribution in [0.4, 0.5) is 0 Å². The van der Waals surface area contributed by atoms with E-state index in [4.69, 9.17) is 16.3 Å². The predicted molar refractivity (Wildman–Crippen MR) is 97.1 cm³/mol. The van der Waals surface area contributed by atoms with Crippen molar-refractivity contribution in [2.75, 3.05) is 7.11 Å². The van der Waals surface area contributed by atoms with E-state index in [9.17, 15) is 0 Å². The van der Waals surface area contributed by atoms with Gasteiger partial charge in [0, 0.05) is 15.1 Å². The SMILES string of the molecule is COc1c(C)cc(Br)c(C)c1C(Br)c1ccc(Cl)c(C)c1. The quantitative estimate of drug-likeness (QED) is 0.502. The van der Waals surface area contributed by atoms with E-state index >= 15 is 0 Å². The summed E-state index contributed by atoms with van der Waals surface area (Å²) in [7, 11) is 1.71. The van der Waals surface area contributed by atoms with E-state index in [0.717, 1.165) is 37.5 Å². The first kappa shape index (κ1) is 16.9. The van der Waals surface area contributed by atoms with Crippen LogP contribution in [0.1, 0.15) is 32.6 Å². The van der Waals surface area contributed by atoms with E-state index in [1.807, 2.05) is 19.1 Å². The molecular weight excluding hydrogens is 415 g/mol. The highest BCUT2D eigenvalue weighted by Gasteiger charge is 2.21. The molecular formula is C17H17Br2ClO. The van der Waals surface area contributed by atoms with Crippen LogP contribution >= 0.6 is 43.5 Å². The van der Waals surface area contributed by atoms with Gasteiger partial charge in [-0.15, -0.1) is 0 Å². The van der Waals surface area contributed by atoms with E-state index in [1.54, 1.807) is 7.11 Å². The minimum Gasteiger partial charge on any atom is -0.496 e. The molecule has 0 saturated carbocycles. The van der Waals surface area contributed by atoms with Gasteiger partial charge in [-0.3, -0.25) is 0 Å². The molecule has 0 saturated heterocycles. The third-order valence-corrected chi connectivity index (χ3v) is 5.87. The Kier molecular flexibility index (Phi) is 5.39. The summed E-state index contributed by atoms with van der Waals surface area (Å²) in [6, 6.07) is 8.18. The Morgan fingerprint density at radius 1 is 1.10 bits per heavy atom. The molecule has 2 rings (SSSR count). The lowest BCUT2D eigenvalue weighted by atomic mass is 9.96. The second-order valence-electron chi connectivity index (χ2n) is 5.12. The fourth-order valence-corrected chi connectivity index (χ4v) is 3.95. The monoisotopic (exact) mass is 430 g/mol. The molecule has 0 heterocycles. The number of hydrogen-bond acceptors (Lipinski definition) is 1. The maximum absolute atomic E-state index is 6.12. The van der Waals surface area contributed by atoms with Crippen LogP contribution in [0.15, 0.2) is 28.7 Å². The zero-order chi connectivity index (χ0) is 15.7. The molecule has 2 aromatic rings. The highest BCUT2D eigenvalue weighted by Crippen LogP contribution is 2.43. The molecule has 112 valence electrons. The van der Waals surface area contributed by atoms with Gasteiger partial charge in [-0.25, -0.2) is 0 Å². The van der Waals surface area contributed by atoms with Crippen LogP contribution < -0.4 is 4.74 Å². The molecule has 0 aliphatic heterocycles. The number of rotatable bonds is 3. The Morgan fingerprint density at radius 2 is 1.76 bits per heavy atom. The zero-order valence-electron chi connectivity index (χ0n) is 12.4. The van der Waals surface area contributed by atoms with E-state index in [1.165, 1.54) is 5.56 Å². The van der Waals surface area contributed by atoms with Crippen molar-refractivity contribution in [1.82, 2.24) is 0 Å². The molecule has 0 aromatic heterocycles. The standard InChI is InChI=1S/C17H17Br2ClO/c1-9-7-12(5-6-14(9)20)16(19)15-11(3)13(18)8-10(2)17(15)21-4/h5-8,16H,1-4H3. The number of halogens is 3. The lowest BCUT2D eigenvalue weighted by molar-refractivity contribution is 0.406. The molecule has 0 bridgehead atoms. The molecule has 1 unspecified atom stereocenters. The molecule has 0 spiro atoms. The average molecular weight is 433 g/mol. The summed E-state index contributed by atoms with van der Waals surface area (Å²) in [5.74, 6) is 0.921. The van der Waals surface area contributed by atoms with E-state index < -0.39 is 0 Å². The van der Waals surface area contributed by atoms with Gasteiger partial charge in [-0.05, 0) is 55.2 Å². The Bertz CT molecular complexity index is 683. The van der Waals surface area contributed by atoms with Crippen LogP contribution in [-0.4, -0.2) is 7.11 Å². The Morgan fingerprint density at radius 3 is 2.33 bits per heavy atom. The first-order valence-corrected chi connectivity index (χ1v) is 8.69.